The predicted molar refractivity (Wildman–Crippen MR) is 92.7 cm³/mol. The number of hydrogen-bond donors (Lipinski definition) is 2. The molecule has 1 aliphatic carbocycles. The van der Waals surface area contributed by atoms with E-state index < -0.39 is 0 Å². The zero-order valence-electron chi connectivity index (χ0n) is 13.3. The summed E-state index contributed by atoms with van der Waals surface area (Å²) < 4.78 is 1.15. The maximum atomic E-state index is 9.38. The summed E-state index contributed by atoms with van der Waals surface area (Å²) >= 11 is 3.69. The van der Waals surface area contributed by atoms with Gasteiger partial charge in [0.2, 0.25) is 0 Å². The van der Waals surface area contributed by atoms with E-state index in [1.54, 1.807) is 0 Å². The molecule has 2 N–H and O–H groups in total. The summed E-state index contributed by atoms with van der Waals surface area (Å²) in [6, 6.07) is 6.58. The molecule has 1 aromatic rings. The standard InChI is InChI=1S/C17H27BrN2O/c1-12(2)9-19-10-13-4-5-17(16(18)8-13)20(3)11-14-6-15(21)7-14/h4-5,8,12,14-15,19,21H,6-7,9-11H2,1-3H3. The largest absolute Gasteiger partial charge is 0.393 e. The van der Waals surface area contributed by atoms with Crippen LogP contribution in [0.3, 0.4) is 0 Å². The fraction of sp³-hybridized carbons (Fsp3) is 0.647. The zero-order valence-corrected chi connectivity index (χ0v) is 14.9. The smallest absolute Gasteiger partial charge is 0.0546 e. The van der Waals surface area contributed by atoms with Crippen LogP contribution in [0.25, 0.3) is 0 Å². The molecule has 3 nitrogen and oxygen atoms in total. The normalized spacial score (nSPS) is 21.4. The molecular formula is C17H27BrN2O. The lowest BCUT2D eigenvalue weighted by Gasteiger charge is -2.35. The van der Waals surface area contributed by atoms with Crippen LogP contribution in [0, 0.1) is 11.8 Å². The Morgan fingerprint density at radius 2 is 2.10 bits per heavy atom. The third-order valence-corrected chi connectivity index (χ3v) is 4.68. The van der Waals surface area contributed by atoms with Gasteiger partial charge in [0.05, 0.1) is 11.8 Å². The molecule has 0 radical (unpaired) electrons. The Kier molecular flexibility index (Phi) is 6.08. The molecule has 4 heteroatoms. The van der Waals surface area contributed by atoms with E-state index in [1.165, 1.54) is 11.3 Å². The highest BCUT2D eigenvalue weighted by molar-refractivity contribution is 9.10. The maximum absolute atomic E-state index is 9.38. The first-order valence-electron chi connectivity index (χ1n) is 7.84. The van der Waals surface area contributed by atoms with Gasteiger partial charge in [0.1, 0.15) is 0 Å². The molecule has 0 spiro atoms. The van der Waals surface area contributed by atoms with Crippen molar-refractivity contribution in [2.45, 2.75) is 39.3 Å². The van der Waals surface area contributed by atoms with Crippen LogP contribution in [0.15, 0.2) is 22.7 Å². The van der Waals surface area contributed by atoms with E-state index in [4.69, 9.17) is 0 Å². The molecule has 21 heavy (non-hydrogen) atoms. The van der Waals surface area contributed by atoms with Crippen molar-refractivity contribution >= 4 is 21.6 Å². The van der Waals surface area contributed by atoms with E-state index in [1.807, 2.05) is 0 Å². The summed E-state index contributed by atoms with van der Waals surface area (Å²) in [6.45, 7) is 7.41. The van der Waals surface area contributed by atoms with Gasteiger partial charge >= 0.3 is 0 Å². The van der Waals surface area contributed by atoms with E-state index >= 15 is 0 Å². The van der Waals surface area contributed by atoms with Crippen LogP contribution in [-0.4, -0.2) is 31.3 Å². The van der Waals surface area contributed by atoms with Crippen LogP contribution in [0.2, 0.25) is 0 Å². The molecule has 0 unspecified atom stereocenters. The predicted octanol–water partition coefficient (Wildman–Crippen LogP) is 3.40. The first-order valence-corrected chi connectivity index (χ1v) is 8.63. The zero-order chi connectivity index (χ0) is 15.4. The van der Waals surface area contributed by atoms with E-state index in [0.717, 1.165) is 36.9 Å². The highest BCUT2D eigenvalue weighted by atomic mass is 79.9. The number of nitrogens with one attached hydrogen (secondary N) is 1. The number of aliphatic hydroxyl groups is 1. The molecule has 0 aliphatic heterocycles. The molecule has 0 heterocycles. The summed E-state index contributed by atoms with van der Waals surface area (Å²) in [7, 11) is 2.13. The second-order valence-electron chi connectivity index (χ2n) is 6.68. The Morgan fingerprint density at radius 1 is 1.38 bits per heavy atom. The number of hydrogen-bond acceptors (Lipinski definition) is 3. The van der Waals surface area contributed by atoms with Crippen molar-refractivity contribution in [3.05, 3.63) is 28.2 Å². The van der Waals surface area contributed by atoms with Crippen LogP contribution < -0.4 is 10.2 Å². The second-order valence-corrected chi connectivity index (χ2v) is 7.54. The topological polar surface area (TPSA) is 35.5 Å². The number of benzene rings is 1. The van der Waals surface area contributed by atoms with Crippen LogP contribution in [0.1, 0.15) is 32.3 Å². The number of rotatable bonds is 7. The fourth-order valence-corrected chi connectivity index (χ4v) is 3.54. The minimum atomic E-state index is -0.0683. The van der Waals surface area contributed by atoms with Crippen LogP contribution >= 0.6 is 15.9 Å². The number of anilines is 1. The molecule has 0 amide bonds. The lowest BCUT2D eigenvalue weighted by molar-refractivity contribution is 0.0465. The molecule has 1 fully saturated rings. The van der Waals surface area contributed by atoms with Gasteiger partial charge in [-0.15, -0.1) is 0 Å². The van der Waals surface area contributed by atoms with Gasteiger partial charge in [0, 0.05) is 24.6 Å². The second kappa shape index (κ2) is 7.61. The Hall–Kier alpha value is -0.580. The highest BCUT2D eigenvalue weighted by Gasteiger charge is 2.28. The molecule has 1 aliphatic rings. The first-order chi connectivity index (χ1) is 9.95. The molecule has 0 bridgehead atoms. The van der Waals surface area contributed by atoms with Gasteiger partial charge in [-0.25, -0.2) is 0 Å². The van der Waals surface area contributed by atoms with Gasteiger partial charge in [-0.2, -0.15) is 0 Å². The third-order valence-electron chi connectivity index (χ3n) is 4.05. The third kappa shape index (κ3) is 4.97. The van der Waals surface area contributed by atoms with Crippen molar-refractivity contribution in [1.29, 1.82) is 0 Å². The molecule has 2 rings (SSSR count). The Balaban J connectivity index is 1.88. The lowest BCUT2D eigenvalue weighted by Crippen LogP contribution is -2.37. The number of halogens is 1. The van der Waals surface area contributed by atoms with Crippen molar-refractivity contribution in [3.8, 4) is 0 Å². The monoisotopic (exact) mass is 354 g/mol. The van der Waals surface area contributed by atoms with Crippen LogP contribution in [0.4, 0.5) is 5.69 Å². The molecule has 0 aromatic heterocycles. The van der Waals surface area contributed by atoms with Gasteiger partial charge in [-0.3, -0.25) is 0 Å². The van der Waals surface area contributed by atoms with Crippen molar-refractivity contribution in [3.63, 3.8) is 0 Å². The summed E-state index contributed by atoms with van der Waals surface area (Å²) in [5, 5.41) is 12.8. The van der Waals surface area contributed by atoms with Crippen molar-refractivity contribution in [1.82, 2.24) is 5.32 Å². The van der Waals surface area contributed by atoms with Crippen molar-refractivity contribution < 1.29 is 5.11 Å². The fourth-order valence-electron chi connectivity index (χ4n) is 2.81. The van der Waals surface area contributed by atoms with Gasteiger partial charge in [0.15, 0.2) is 0 Å². The Morgan fingerprint density at radius 3 is 2.67 bits per heavy atom. The molecule has 118 valence electrons. The van der Waals surface area contributed by atoms with Crippen molar-refractivity contribution in [2.24, 2.45) is 11.8 Å². The van der Waals surface area contributed by atoms with Gasteiger partial charge in [-0.05, 0) is 64.8 Å². The SMILES string of the molecule is CC(C)CNCc1ccc(N(C)CC2CC(O)C2)c(Br)c1. The quantitative estimate of drug-likeness (QED) is 0.787. The molecular weight excluding hydrogens is 328 g/mol. The van der Waals surface area contributed by atoms with E-state index in [9.17, 15) is 5.11 Å². The van der Waals surface area contributed by atoms with Crippen molar-refractivity contribution in [2.75, 3.05) is 25.0 Å². The first kappa shape index (κ1) is 16.8. The van der Waals surface area contributed by atoms with Crippen LogP contribution in [0.5, 0.6) is 0 Å². The molecule has 1 saturated carbocycles. The summed E-state index contributed by atoms with van der Waals surface area (Å²) in [4.78, 5) is 2.28. The summed E-state index contributed by atoms with van der Waals surface area (Å²) in [5.41, 5.74) is 2.53. The van der Waals surface area contributed by atoms with Gasteiger partial charge in [0.25, 0.3) is 0 Å². The van der Waals surface area contributed by atoms with Gasteiger partial charge in [-0.1, -0.05) is 19.9 Å². The Labute approximate surface area is 136 Å². The molecule has 0 atom stereocenters. The average molecular weight is 355 g/mol. The molecule has 0 saturated heterocycles. The van der Waals surface area contributed by atoms with Gasteiger partial charge < -0.3 is 15.3 Å². The minimum Gasteiger partial charge on any atom is -0.393 e. The highest BCUT2D eigenvalue weighted by Crippen LogP contribution is 2.32. The van der Waals surface area contributed by atoms with E-state index in [-0.39, 0.29) is 6.10 Å². The molecule has 1 aromatic carbocycles. The van der Waals surface area contributed by atoms with E-state index in [2.05, 4.69) is 65.2 Å². The number of aliphatic hydroxyl groups excluding tert-OH is 1. The summed E-state index contributed by atoms with van der Waals surface area (Å²) in [6.07, 6.45) is 1.82. The number of nitrogens with zero attached hydrogens (tertiary/aromatic N) is 1. The maximum Gasteiger partial charge on any atom is 0.0546 e. The summed E-state index contributed by atoms with van der Waals surface area (Å²) in [5.74, 6) is 1.31. The van der Waals surface area contributed by atoms with E-state index in [0.29, 0.717) is 11.8 Å². The minimum absolute atomic E-state index is 0.0683. The lowest BCUT2D eigenvalue weighted by atomic mass is 9.82. The van der Waals surface area contributed by atoms with Crippen LogP contribution in [-0.2, 0) is 6.54 Å². The average Bonchev–Trinajstić information content (AvgIpc) is 2.36. The Bertz CT molecular complexity index is 458.